The molecule has 2 saturated heterocycles. The van der Waals surface area contributed by atoms with E-state index < -0.39 is 0 Å². The van der Waals surface area contributed by atoms with Crippen LogP contribution in [0.15, 0.2) is 34.8 Å². The van der Waals surface area contributed by atoms with Crippen molar-refractivity contribution in [1.29, 1.82) is 0 Å². The Kier molecular flexibility index (Phi) is 6.14. The van der Waals surface area contributed by atoms with Crippen molar-refractivity contribution in [3.05, 3.63) is 51.6 Å². The molecule has 1 amide bonds. The average Bonchev–Trinajstić information content (AvgIpc) is 3.23. The molecule has 0 N–H and O–H groups in total. The first-order valence-corrected chi connectivity index (χ1v) is 13.1. The molecule has 0 radical (unpaired) electrons. The number of aromatic nitrogens is 2. The molecule has 5 nitrogen and oxygen atoms in total. The van der Waals surface area contributed by atoms with Crippen molar-refractivity contribution >= 4 is 62.6 Å². The van der Waals surface area contributed by atoms with Gasteiger partial charge >= 0.3 is 0 Å². The molecule has 1 aromatic carbocycles. The number of hydrogen-bond donors (Lipinski definition) is 0. The highest BCUT2D eigenvalue weighted by Crippen LogP contribution is 2.35. The summed E-state index contributed by atoms with van der Waals surface area (Å²) >= 11 is 15.7. The van der Waals surface area contributed by atoms with Crippen LogP contribution < -0.4 is 0 Å². The molecule has 0 unspecified atom stereocenters. The number of pyridine rings is 1. The number of thioether (sulfide) groups is 1. The van der Waals surface area contributed by atoms with Gasteiger partial charge in [-0.2, -0.15) is 0 Å². The Morgan fingerprint density at radius 1 is 1.16 bits per heavy atom. The highest BCUT2D eigenvalue weighted by Gasteiger charge is 2.35. The molecule has 2 aliphatic heterocycles. The third-order valence-electron chi connectivity index (χ3n) is 6.29. The van der Waals surface area contributed by atoms with Crippen LogP contribution >= 0.6 is 46.3 Å². The molecule has 2 atom stereocenters. The first kappa shape index (κ1) is 21.5. The Bertz CT molecular complexity index is 1120. The summed E-state index contributed by atoms with van der Waals surface area (Å²) in [5.41, 5.74) is 2.43. The molecule has 0 aliphatic carbocycles. The summed E-state index contributed by atoms with van der Waals surface area (Å²) in [6.07, 6.45) is 5.78. The quantitative estimate of drug-likeness (QED) is 0.456. The molecule has 0 saturated carbocycles. The van der Waals surface area contributed by atoms with Crippen LogP contribution in [-0.2, 0) is 0 Å². The van der Waals surface area contributed by atoms with Gasteiger partial charge in [0.05, 0.1) is 10.6 Å². The van der Waals surface area contributed by atoms with E-state index in [1.54, 1.807) is 18.0 Å². The second-order valence-corrected chi connectivity index (χ2v) is 10.9. The second-order valence-electron chi connectivity index (χ2n) is 8.05. The molecule has 162 valence electrons. The first-order valence-electron chi connectivity index (χ1n) is 10.3. The number of rotatable bonds is 3. The number of benzene rings is 1. The molecule has 2 fully saturated rings. The maximum absolute atomic E-state index is 13.3. The summed E-state index contributed by atoms with van der Waals surface area (Å²) in [5, 5.41) is 1.19. The molecule has 2 aromatic heterocycles. The molecular weight excluding hydrogens is 471 g/mol. The van der Waals surface area contributed by atoms with Crippen molar-refractivity contribution < 1.29 is 4.79 Å². The smallest absolute Gasteiger partial charge is 0.257 e. The number of hydrogen-bond acceptors (Lipinski definition) is 6. The highest BCUT2D eigenvalue weighted by atomic mass is 35.5. The SMILES string of the molecule is CSc1nc2c(Cl)c(C(=O)N3CCN4C[C@@H](c5ccc(Cl)cc5)CC[C@@H]4C3)cnc2s1. The summed E-state index contributed by atoms with van der Waals surface area (Å²) < 4.78 is 0.903. The van der Waals surface area contributed by atoms with E-state index >= 15 is 0 Å². The Morgan fingerprint density at radius 3 is 2.74 bits per heavy atom. The second kappa shape index (κ2) is 8.87. The summed E-state index contributed by atoms with van der Waals surface area (Å²) in [7, 11) is 0. The van der Waals surface area contributed by atoms with Crippen LogP contribution in [0.5, 0.6) is 0 Å². The minimum Gasteiger partial charge on any atom is -0.336 e. The minimum absolute atomic E-state index is 0.0439. The van der Waals surface area contributed by atoms with Crippen LogP contribution in [0, 0.1) is 0 Å². The Morgan fingerprint density at radius 2 is 1.97 bits per heavy atom. The number of piperazine rings is 1. The number of halogens is 2. The fourth-order valence-electron chi connectivity index (χ4n) is 4.60. The van der Waals surface area contributed by atoms with E-state index in [9.17, 15) is 4.79 Å². The van der Waals surface area contributed by atoms with Gasteiger partial charge in [0, 0.05) is 43.4 Å². The first-order chi connectivity index (χ1) is 15.0. The van der Waals surface area contributed by atoms with E-state index in [0.717, 1.165) is 46.7 Å². The van der Waals surface area contributed by atoms with Gasteiger partial charge in [-0.25, -0.2) is 9.97 Å². The largest absolute Gasteiger partial charge is 0.336 e. The Labute approximate surface area is 199 Å². The van der Waals surface area contributed by atoms with Crippen LogP contribution in [0.1, 0.15) is 34.7 Å². The predicted octanol–water partition coefficient (Wildman–Crippen LogP) is 5.42. The van der Waals surface area contributed by atoms with Gasteiger partial charge in [0.15, 0.2) is 4.34 Å². The van der Waals surface area contributed by atoms with E-state index in [2.05, 4.69) is 27.0 Å². The predicted molar refractivity (Wildman–Crippen MR) is 129 cm³/mol. The van der Waals surface area contributed by atoms with Crippen LogP contribution in [0.2, 0.25) is 10.0 Å². The number of carbonyl (C=O) groups excluding carboxylic acids is 1. The normalized spacial score (nSPS) is 22.0. The van der Waals surface area contributed by atoms with Gasteiger partial charge < -0.3 is 4.90 Å². The van der Waals surface area contributed by atoms with Gasteiger partial charge in [0.2, 0.25) is 0 Å². The molecule has 4 heterocycles. The molecule has 31 heavy (non-hydrogen) atoms. The zero-order chi connectivity index (χ0) is 21.5. The van der Waals surface area contributed by atoms with Gasteiger partial charge in [0.1, 0.15) is 10.3 Å². The summed E-state index contributed by atoms with van der Waals surface area (Å²) in [4.78, 5) is 27.5. The fraction of sp³-hybridized carbons (Fsp3) is 0.409. The van der Waals surface area contributed by atoms with Crippen molar-refractivity contribution in [2.45, 2.75) is 29.1 Å². The molecular formula is C22H22Cl2N4OS2. The summed E-state index contributed by atoms with van der Waals surface area (Å²) in [6.45, 7) is 3.33. The van der Waals surface area contributed by atoms with E-state index in [1.807, 2.05) is 23.3 Å². The maximum Gasteiger partial charge on any atom is 0.257 e. The van der Waals surface area contributed by atoms with Gasteiger partial charge in [-0.15, -0.1) is 0 Å². The van der Waals surface area contributed by atoms with Crippen molar-refractivity contribution in [2.24, 2.45) is 0 Å². The van der Waals surface area contributed by atoms with Crippen molar-refractivity contribution in [1.82, 2.24) is 19.8 Å². The standard InChI is InChI=1S/C22H22Cl2N4OS2/c1-30-22-26-19-18(24)17(10-25-20(19)31-22)21(29)28-9-8-27-11-14(4-7-16(27)12-28)13-2-5-15(23)6-3-13/h2-3,5-6,10,14,16H,4,7-9,11-12H2,1H3/t14-,16+/m0/s1. The Balaban J connectivity index is 1.29. The third kappa shape index (κ3) is 4.18. The van der Waals surface area contributed by atoms with E-state index in [1.165, 1.54) is 16.9 Å². The van der Waals surface area contributed by atoms with Crippen molar-refractivity contribution in [3.63, 3.8) is 0 Å². The maximum atomic E-state index is 13.3. The number of thiazole rings is 1. The van der Waals surface area contributed by atoms with E-state index in [0.29, 0.717) is 34.6 Å². The van der Waals surface area contributed by atoms with E-state index in [-0.39, 0.29) is 5.91 Å². The van der Waals surface area contributed by atoms with E-state index in [4.69, 9.17) is 23.2 Å². The zero-order valence-corrected chi connectivity index (χ0v) is 20.2. The van der Waals surface area contributed by atoms with Crippen molar-refractivity contribution in [3.8, 4) is 0 Å². The molecule has 3 aromatic rings. The lowest BCUT2D eigenvalue weighted by Gasteiger charge is -2.46. The summed E-state index contributed by atoms with van der Waals surface area (Å²) in [6, 6.07) is 8.61. The number of carbonyl (C=O) groups is 1. The minimum atomic E-state index is -0.0439. The lowest BCUT2D eigenvalue weighted by Crippen LogP contribution is -2.57. The fourth-order valence-corrected chi connectivity index (χ4v) is 6.45. The highest BCUT2D eigenvalue weighted by molar-refractivity contribution is 8.00. The lowest BCUT2D eigenvalue weighted by atomic mass is 9.86. The number of amides is 1. The third-order valence-corrected chi connectivity index (χ3v) is 8.87. The molecule has 2 aliphatic rings. The lowest BCUT2D eigenvalue weighted by molar-refractivity contribution is 0.0329. The summed E-state index contributed by atoms with van der Waals surface area (Å²) in [5.74, 6) is 0.477. The molecule has 5 rings (SSSR count). The van der Waals surface area contributed by atoms with Crippen LogP contribution in [-0.4, -0.2) is 64.2 Å². The Hall–Kier alpha value is -1.38. The number of fused-ring (bicyclic) bond motifs is 2. The van der Waals surface area contributed by atoms with Crippen LogP contribution in [0.4, 0.5) is 0 Å². The monoisotopic (exact) mass is 492 g/mol. The van der Waals surface area contributed by atoms with Gasteiger partial charge in [-0.1, -0.05) is 58.4 Å². The van der Waals surface area contributed by atoms with Crippen LogP contribution in [0.25, 0.3) is 10.3 Å². The number of piperidine rings is 1. The van der Waals surface area contributed by atoms with Crippen LogP contribution in [0.3, 0.4) is 0 Å². The topological polar surface area (TPSA) is 49.3 Å². The van der Waals surface area contributed by atoms with Gasteiger partial charge in [-0.05, 0) is 42.7 Å². The molecule has 9 heteroatoms. The van der Waals surface area contributed by atoms with Gasteiger partial charge in [-0.3, -0.25) is 9.69 Å². The van der Waals surface area contributed by atoms with Crippen molar-refractivity contribution in [2.75, 3.05) is 32.4 Å². The molecule has 0 bridgehead atoms. The molecule has 0 spiro atoms. The average molecular weight is 493 g/mol. The van der Waals surface area contributed by atoms with Gasteiger partial charge in [0.25, 0.3) is 5.91 Å². The number of nitrogens with zero attached hydrogens (tertiary/aromatic N) is 4. The zero-order valence-electron chi connectivity index (χ0n) is 17.1.